The molecule has 1 aliphatic rings. The quantitative estimate of drug-likeness (QED) is 0.866. The van der Waals surface area contributed by atoms with Gasteiger partial charge in [-0.05, 0) is 49.5 Å². The molecule has 6 heteroatoms. The van der Waals surface area contributed by atoms with Crippen molar-refractivity contribution in [1.82, 2.24) is 4.90 Å². The Hall–Kier alpha value is -1.82. The molecule has 0 aromatic heterocycles. The number of halogens is 3. The Labute approximate surface area is 134 Å². The average Bonchev–Trinajstić information content (AvgIpc) is 2.52. The highest BCUT2D eigenvalue weighted by Crippen LogP contribution is 2.29. The number of nitrogens with two attached hydrogens (primary N) is 1. The van der Waals surface area contributed by atoms with Crippen LogP contribution < -0.4 is 5.73 Å². The highest BCUT2D eigenvalue weighted by Gasteiger charge is 2.29. The second kappa shape index (κ2) is 7.17. The molecule has 2 N–H and O–H groups in total. The first-order valence-corrected chi connectivity index (χ1v) is 7.67. The Morgan fingerprint density at radius 1 is 1.35 bits per heavy atom. The molecule has 23 heavy (non-hydrogen) atoms. The van der Waals surface area contributed by atoms with Crippen molar-refractivity contribution in [2.75, 3.05) is 13.1 Å². The molecular weight excluding hydrogens is 305 g/mol. The summed E-state index contributed by atoms with van der Waals surface area (Å²) in [6, 6.07) is 4.78. The lowest BCUT2D eigenvalue weighted by atomic mass is 9.92. The number of amides is 1. The van der Waals surface area contributed by atoms with Crippen molar-refractivity contribution in [3.8, 4) is 0 Å². The Bertz CT molecular complexity index is 564. The zero-order valence-corrected chi connectivity index (χ0v) is 13.0. The third-order valence-electron chi connectivity index (χ3n) is 4.17. The molecule has 1 heterocycles. The number of hydrogen-bond donors (Lipinski definition) is 1. The van der Waals surface area contributed by atoms with Gasteiger partial charge in [-0.25, -0.2) is 0 Å². The van der Waals surface area contributed by atoms with Gasteiger partial charge in [0.2, 0.25) is 5.91 Å². The number of piperidine rings is 1. The first-order chi connectivity index (χ1) is 10.8. The summed E-state index contributed by atoms with van der Waals surface area (Å²) >= 11 is 0. The van der Waals surface area contributed by atoms with Crippen LogP contribution in [0.25, 0.3) is 6.08 Å². The van der Waals surface area contributed by atoms with Crippen LogP contribution in [0.4, 0.5) is 13.2 Å². The van der Waals surface area contributed by atoms with Gasteiger partial charge in [-0.1, -0.05) is 12.1 Å². The van der Waals surface area contributed by atoms with Gasteiger partial charge < -0.3 is 10.6 Å². The Balaban J connectivity index is 1.98. The minimum absolute atomic E-state index is 0.0458. The SMILES string of the molecule is CC(N)C1CCCN(C(=O)C=Cc2ccc(C(F)(F)F)cc2)C1. The van der Waals surface area contributed by atoms with Crippen molar-refractivity contribution in [2.24, 2.45) is 11.7 Å². The van der Waals surface area contributed by atoms with Crippen LogP contribution in [-0.2, 0) is 11.0 Å². The predicted molar refractivity (Wildman–Crippen MR) is 83.4 cm³/mol. The lowest BCUT2D eigenvalue weighted by molar-refractivity contribution is -0.137. The van der Waals surface area contributed by atoms with Crippen molar-refractivity contribution in [1.29, 1.82) is 0 Å². The molecule has 0 aliphatic carbocycles. The molecule has 0 spiro atoms. The van der Waals surface area contributed by atoms with Gasteiger partial charge in [0.15, 0.2) is 0 Å². The van der Waals surface area contributed by atoms with Crippen molar-refractivity contribution in [2.45, 2.75) is 32.0 Å². The number of carbonyl (C=O) groups is 1. The first kappa shape index (κ1) is 17.5. The van der Waals surface area contributed by atoms with Crippen molar-refractivity contribution in [3.05, 3.63) is 41.5 Å². The van der Waals surface area contributed by atoms with E-state index in [0.717, 1.165) is 25.0 Å². The number of alkyl halides is 3. The van der Waals surface area contributed by atoms with E-state index < -0.39 is 11.7 Å². The van der Waals surface area contributed by atoms with Crippen molar-refractivity contribution >= 4 is 12.0 Å². The third kappa shape index (κ3) is 4.82. The van der Waals surface area contributed by atoms with Crippen LogP contribution in [0, 0.1) is 5.92 Å². The predicted octanol–water partition coefficient (Wildman–Crippen LogP) is 3.30. The van der Waals surface area contributed by atoms with Crippen LogP contribution in [-0.4, -0.2) is 29.9 Å². The van der Waals surface area contributed by atoms with Gasteiger partial charge in [-0.15, -0.1) is 0 Å². The average molecular weight is 326 g/mol. The van der Waals surface area contributed by atoms with Gasteiger partial charge in [0.1, 0.15) is 0 Å². The molecule has 3 nitrogen and oxygen atoms in total. The van der Waals surface area contributed by atoms with E-state index >= 15 is 0 Å². The van der Waals surface area contributed by atoms with Crippen LogP contribution in [0.5, 0.6) is 0 Å². The highest BCUT2D eigenvalue weighted by atomic mass is 19.4. The summed E-state index contributed by atoms with van der Waals surface area (Å²) in [6.07, 6.45) is 0.542. The molecule has 0 bridgehead atoms. The molecule has 1 amide bonds. The zero-order chi connectivity index (χ0) is 17.0. The van der Waals surface area contributed by atoms with E-state index in [4.69, 9.17) is 5.73 Å². The van der Waals surface area contributed by atoms with Gasteiger partial charge in [-0.2, -0.15) is 13.2 Å². The molecule has 1 aliphatic heterocycles. The van der Waals surface area contributed by atoms with Crippen molar-refractivity contribution < 1.29 is 18.0 Å². The first-order valence-electron chi connectivity index (χ1n) is 7.67. The molecule has 1 saturated heterocycles. The van der Waals surface area contributed by atoms with E-state index in [-0.39, 0.29) is 11.9 Å². The Morgan fingerprint density at radius 3 is 2.57 bits per heavy atom. The molecule has 1 aromatic carbocycles. The van der Waals surface area contributed by atoms with Gasteiger partial charge >= 0.3 is 6.18 Å². The van der Waals surface area contributed by atoms with E-state index in [1.54, 1.807) is 4.90 Å². The van der Waals surface area contributed by atoms with E-state index in [1.165, 1.54) is 24.3 Å². The summed E-state index contributed by atoms with van der Waals surface area (Å²) in [7, 11) is 0. The maximum absolute atomic E-state index is 12.5. The number of rotatable bonds is 3. The fourth-order valence-corrected chi connectivity index (χ4v) is 2.70. The monoisotopic (exact) mass is 326 g/mol. The lowest BCUT2D eigenvalue weighted by Gasteiger charge is -2.34. The maximum Gasteiger partial charge on any atom is 0.416 e. The summed E-state index contributed by atoms with van der Waals surface area (Å²) in [5.41, 5.74) is 5.76. The summed E-state index contributed by atoms with van der Waals surface area (Å²) in [6.45, 7) is 3.27. The third-order valence-corrected chi connectivity index (χ3v) is 4.17. The molecule has 2 rings (SSSR count). The van der Waals surface area contributed by atoms with E-state index in [9.17, 15) is 18.0 Å². The molecule has 1 fully saturated rings. The summed E-state index contributed by atoms with van der Waals surface area (Å²) < 4.78 is 37.5. The molecule has 126 valence electrons. The van der Waals surface area contributed by atoms with Crippen LogP contribution in [0.15, 0.2) is 30.3 Å². The second-order valence-corrected chi connectivity index (χ2v) is 6.00. The minimum Gasteiger partial charge on any atom is -0.339 e. The van der Waals surface area contributed by atoms with E-state index in [1.807, 2.05) is 6.92 Å². The van der Waals surface area contributed by atoms with Gasteiger partial charge in [0.05, 0.1) is 5.56 Å². The van der Waals surface area contributed by atoms with Gasteiger partial charge in [0, 0.05) is 25.2 Å². The number of hydrogen-bond acceptors (Lipinski definition) is 2. The topological polar surface area (TPSA) is 46.3 Å². The molecule has 2 atom stereocenters. The number of likely N-dealkylation sites (tertiary alicyclic amines) is 1. The lowest BCUT2D eigenvalue weighted by Crippen LogP contribution is -2.44. The summed E-state index contributed by atoms with van der Waals surface area (Å²) in [5.74, 6) is 0.169. The molecule has 0 saturated carbocycles. The van der Waals surface area contributed by atoms with Crippen LogP contribution in [0.3, 0.4) is 0 Å². The second-order valence-electron chi connectivity index (χ2n) is 6.00. The summed E-state index contributed by atoms with van der Waals surface area (Å²) in [5, 5.41) is 0. The number of nitrogens with zero attached hydrogens (tertiary/aromatic N) is 1. The largest absolute Gasteiger partial charge is 0.416 e. The molecule has 1 aromatic rings. The molecule has 0 radical (unpaired) electrons. The standard InChI is InChI=1S/C17H21F3N2O/c1-12(21)14-3-2-10-22(11-14)16(23)9-6-13-4-7-15(8-5-13)17(18,19)20/h4-9,12,14H,2-3,10-11,21H2,1H3. The summed E-state index contributed by atoms with van der Waals surface area (Å²) in [4.78, 5) is 13.9. The van der Waals surface area contributed by atoms with Crippen LogP contribution in [0.2, 0.25) is 0 Å². The van der Waals surface area contributed by atoms with E-state index in [0.29, 0.717) is 24.6 Å². The van der Waals surface area contributed by atoms with Gasteiger partial charge in [-0.3, -0.25) is 4.79 Å². The maximum atomic E-state index is 12.5. The van der Waals surface area contributed by atoms with Crippen molar-refractivity contribution in [3.63, 3.8) is 0 Å². The smallest absolute Gasteiger partial charge is 0.339 e. The molecule has 2 unspecified atom stereocenters. The number of benzene rings is 1. The number of carbonyl (C=O) groups excluding carboxylic acids is 1. The van der Waals surface area contributed by atoms with E-state index in [2.05, 4.69) is 0 Å². The normalized spacial score (nSPS) is 20.7. The highest BCUT2D eigenvalue weighted by molar-refractivity contribution is 5.91. The minimum atomic E-state index is -4.35. The fraction of sp³-hybridized carbons (Fsp3) is 0.471. The zero-order valence-electron chi connectivity index (χ0n) is 13.0. The molecular formula is C17H21F3N2O. The van der Waals surface area contributed by atoms with Crippen LogP contribution >= 0.6 is 0 Å². The fourth-order valence-electron chi connectivity index (χ4n) is 2.70. The van der Waals surface area contributed by atoms with Crippen LogP contribution in [0.1, 0.15) is 30.9 Å². The Morgan fingerprint density at radius 2 is 2.00 bits per heavy atom. The van der Waals surface area contributed by atoms with Gasteiger partial charge in [0.25, 0.3) is 0 Å². The Kier molecular flexibility index (Phi) is 5.46.